The molecular formula is C14H12FIN2O. The molecule has 0 aromatic heterocycles. The molecule has 98 valence electrons. The smallest absolute Gasteiger partial charge is 0.245 e. The lowest BCUT2D eigenvalue weighted by Gasteiger charge is -2.13. The third-order valence-electron chi connectivity index (χ3n) is 2.63. The van der Waals surface area contributed by atoms with Crippen LogP contribution >= 0.6 is 22.6 Å². The fraction of sp³-hybridized carbons (Fsp3) is 0.0714. The van der Waals surface area contributed by atoms with Crippen molar-refractivity contribution in [2.24, 2.45) is 5.73 Å². The second-order valence-electron chi connectivity index (χ2n) is 4.00. The van der Waals surface area contributed by atoms with Crippen LogP contribution in [0, 0.1) is 9.39 Å². The van der Waals surface area contributed by atoms with Gasteiger partial charge < -0.3 is 11.1 Å². The van der Waals surface area contributed by atoms with Crippen molar-refractivity contribution in [2.45, 2.75) is 6.04 Å². The van der Waals surface area contributed by atoms with E-state index in [-0.39, 0.29) is 11.7 Å². The Morgan fingerprint density at radius 2 is 1.89 bits per heavy atom. The van der Waals surface area contributed by atoms with Gasteiger partial charge in [0.1, 0.15) is 11.9 Å². The highest BCUT2D eigenvalue weighted by atomic mass is 127. The van der Waals surface area contributed by atoms with E-state index in [1.54, 1.807) is 12.1 Å². The summed E-state index contributed by atoms with van der Waals surface area (Å²) in [7, 11) is 0. The van der Waals surface area contributed by atoms with Crippen LogP contribution in [0.25, 0.3) is 0 Å². The van der Waals surface area contributed by atoms with Gasteiger partial charge in [0.2, 0.25) is 5.91 Å². The first kappa shape index (κ1) is 14.0. The number of anilines is 1. The van der Waals surface area contributed by atoms with E-state index in [0.29, 0.717) is 9.26 Å². The highest BCUT2D eigenvalue weighted by Crippen LogP contribution is 2.20. The van der Waals surface area contributed by atoms with Crippen LogP contribution in [0.2, 0.25) is 0 Å². The van der Waals surface area contributed by atoms with Crippen LogP contribution in [0.5, 0.6) is 0 Å². The quantitative estimate of drug-likeness (QED) is 0.816. The first-order valence-electron chi connectivity index (χ1n) is 5.64. The van der Waals surface area contributed by atoms with Gasteiger partial charge in [-0.05, 0) is 46.4 Å². The van der Waals surface area contributed by atoms with Crippen molar-refractivity contribution in [1.82, 2.24) is 0 Å². The topological polar surface area (TPSA) is 55.1 Å². The van der Waals surface area contributed by atoms with Crippen molar-refractivity contribution < 1.29 is 9.18 Å². The van der Waals surface area contributed by atoms with E-state index in [1.807, 2.05) is 40.8 Å². The van der Waals surface area contributed by atoms with Crippen molar-refractivity contribution >= 4 is 34.2 Å². The minimum atomic E-state index is -0.748. The summed E-state index contributed by atoms with van der Waals surface area (Å²) in [6, 6.07) is 12.5. The van der Waals surface area contributed by atoms with Crippen molar-refractivity contribution in [3.63, 3.8) is 0 Å². The van der Waals surface area contributed by atoms with E-state index < -0.39 is 6.04 Å². The normalized spacial score (nSPS) is 11.9. The summed E-state index contributed by atoms with van der Waals surface area (Å²) in [5.74, 6) is -0.662. The van der Waals surface area contributed by atoms with Gasteiger partial charge in [0.05, 0.1) is 5.69 Å². The summed E-state index contributed by atoms with van der Waals surface area (Å²) in [6.07, 6.45) is 0. The van der Waals surface area contributed by atoms with E-state index in [4.69, 9.17) is 5.73 Å². The van der Waals surface area contributed by atoms with Crippen molar-refractivity contribution in [3.8, 4) is 0 Å². The average molecular weight is 370 g/mol. The van der Waals surface area contributed by atoms with Gasteiger partial charge in [-0.3, -0.25) is 4.79 Å². The lowest BCUT2D eigenvalue weighted by Crippen LogP contribution is -2.28. The molecule has 2 aromatic carbocycles. The third-order valence-corrected chi connectivity index (χ3v) is 3.52. The lowest BCUT2D eigenvalue weighted by molar-refractivity contribution is -0.117. The van der Waals surface area contributed by atoms with Crippen molar-refractivity contribution in [3.05, 3.63) is 63.5 Å². The maximum atomic E-state index is 13.0. The monoisotopic (exact) mass is 370 g/mol. The number of halogens is 2. The maximum absolute atomic E-state index is 13.0. The molecule has 0 saturated carbocycles. The van der Waals surface area contributed by atoms with Crippen LogP contribution in [0.4, 0.5) is 10.1 Å². The van der Waals surface area contributed by atoms with Gasteiger partial charge in [0.15, 0.2) is 0 Å². The summed E-state index contributed by atoms with van der Waals surface area (Å²) in [6.45, 7) is 0. The SMILES string of the molecule is NC(C(=O)Nc1ccc(F)cc1I)c1ccccc1. The third kappa shape index (κ3) is 3.51. The molecule has 0 heterocycles. The van der Waals surface area contributed by atoms with Crippen LogP contribution in [-0.2, 0) is 4.79 Å². The zero-order chi connectivity index (χ0) is 13.8. The molecule has 1 atom stereocenters. The van der Waals surface area contributed by atoms with Gasteiger partial charge in [-0.1, -0.05) is 30.3 Å². The Morgan fingerprint density at radius 3 is 2.53 bits per heavy atom. The summed E-state index contributed by atoms with van der Waals surface area (Å²) in [5.41, 5.74) is 7.17. The van der Waals surface area contributed by atoms with Crippen molar-refractivity contribution in [2.75, 3.05) is 5.32 Å². The van der Waals surface area contributed by atoms with E-state index in [1.165, 1.54) is 18.2 Å². The maximum Gasteiger partial charge on any atom is 0.245 e. The molecular weight excluding hydrogens is 358 g/mol. The molecule has 1 unspecified atom stereocenters. The predicted octanol–water partition coefficient (Wildman–Crippen LogP) is 3.07. The molecule has 2 rings (SSSR count). The first-order chi connectivity index (χ1) is 9.08. The Kier molecular flexibility index (Phi) is 4.49. The van der Waals surface area contributed by atoms with Crippen LogP contribution < -0.4 is 11.1 Å². The predicted molar refractivity (Wildman–Crippen MR) is 81.1 cm³/mol. The van der Waals surface area contributed by atoms with Gasteiger partial charge in [-0.25, -0.2) is 4.39 Å². The Balaban J connectivity index is 2.13. The van der Waals surface area contributed by atoms with Gasteiger partial charge in [0, 0.05) is 3.57 Å². The Hall–Kier alpha value is -1.47. The Bertz CT molecular complexity index is 589. The molecule has 5 heteroatoms. The van der Waals surface area contributed by atoms with E-state index in [2.05, 4.69) is 5.32 Å². The highest BCUT2D eigenvalue weighted by molar-refractivity contribution is 14.1. The zero-order valence-corrected chi connectivity index (χ0v) is 12.1. The Labute approximate surface area is 124 Å². The second kappa shape index (κ2) is 6.12. The van der Waals surface area contributed by atoms with Crippen LogP contribution in [0.3, 0.4) is 0 Å². The summed E-state index contributed by atoms with van der Waals surface area (Å²) >= 11 is 1.96. The summed E-state index contributed by atoms with van der Waals surface area (Å²) in [4.78, 5) is 12.0. The second-order valence-corrected chi connectivity index (χ2v) is 5.16. The lowest BCUT2D eigenvalue weighted by atomic mass is 10.1. The van der Waals surface area contributed by atoms with Crippen LogP contribution in [0.15, 0.2) is 48.5 Å². The number of amides is 1. The number of nitrogens with one attached hydrogen (secondary N) is 1. The molecule has 3 nitrogen and oxygen atoms in total. The fourth-order valence-corrected chi connectivity index (χ4v) is 2.23. The molecule has 0 saturated heterocycles. The fourth-order valence-electron chi connectivity index (χ4n) is 1.61. The molecule has 0 fully saturated rings. The molecule has 0 spiro atoms. The van der Waals surface area contributed by atoms with Gasteiger partial charge >= 0.3 is 0 Å². The van der Waals surface area contributed by atoms with Gasteiger partial charge in [0.25, 0.3) is 0 Å². The van der Waals surface area contributed by atoms with Crippen molar-refractivity contribution in [1.29, 1.82) is 0 Å². The molecule has 0 aliphatic carbocycles. The number of benzene rings is 2. The molecule has 0 aliphatic heterocycles. The zero-order valence-electron chi connectivity index (χ0n) is 9.94. The number of carbonyl (C=O) groups is 1. The largest absolute Gasteiger partial charge is 0.323 e. The minimum Gasteiger partial charge on any atom is -0.323 e. The van der Waals surface area contributed by atoms with Crippen LogP contribution in [-0.4, -0.2) is 5.91 Å². The summed E-state index contributed by atoms with van der Waals surface area (Å²) < 4.78 is 13.6. The number of nitrogens with two attached hydrogens (primary N) is 1. The van der Waals surface area contributed by atoms with Crippen LogP contribution in [0.1, 0.15) is 11.6 Å². The average Bonchev–Trinajstić information content (AvgIpc) is 2.42. The molecule has 0 bridgehead atoms. The molecule has 0 aliphatic rings. The molecule has 0 radical (unpaired) electrons. The molecule has 3 N–H and O–H groups in total. The number of hydrogen-bond donors (Lipinski definition) is 2. The molecule has 19 heavy (non-hydrogen) atoms. The molecule has 2 aromatic rings. The molecule has 1 amide bonds. The van der Waals surface area contributed by atoms with E-state index in [0.717, 1.165) is 5.56 Å². The number of hydrogen-bond acceptors (Lipinski definition) is 2. The highest BCUT2D eigenvalue weighted by Gasteiger charge is 2.16. The van der Waals surface area contributed by atoms with E-state index >= 15 is 0 Å². The van der Waals surface area contributed by atoms with Gasteiger partial charge in [-0.2, -0.15) is 0 Å². The standard InChI is InChI=1S/C14H12FIN2O/c15-10-6-7-12(11(16)8-10)18-14(19)13(17)9-4-2-1-3-5-9/h1-8,13H,17H2,(H,18,19). The van der Waals surface area contributed by atoms with E-state index in [9.17, 15) is 9.18 Å². The van der Waals surface area contributed by atoms with Gasteiger partial charge in [-0.15, -0.1) is 0 Å². The number of rotatable bonds is 3. The minimum absolute atomic E-state index is 0.323. The first-order valence-corrected chi connectivity index (χ1v) is 6.72. The summed E-state index contributed by atoms with van der Waals surface area (Å²) in [5, 5.41) is 2.70. The number of carbonyl (C=O) groups excluding carboxylic acids is 1. The Morgan fingerprint density at radius 1 is 1.21 bits per heavy atom.